The minimum absolute atomic E-state index is 0.0179. The fraction of sp³-hybridized carbons (Fsp3) is 0.375. The highest BCUT2D eigenvalue weighted by atomic mass is 32.2. The number of hydrogen-bond acceptors (Lipinski definition) is 15. The van der Waals surface area contributed by atoms with Crippen molar-refractivity contribution in [3.8, 4) is 28.7 Å². The maximum absolute atomic E-state index is 14.1. The summed E-state index contributed by atoms with van der Waals surface area (Å²) >= 11 is 1.81. The number of carbonyl (C=O) groups is 5. The van der Waals surface area contributed by atoms with E-state index in [2.05, 4.69) is 25.2 Å². The zero-order valence-electron chi connectivity index (χ0n) is 41.8. The summed E-state index contributed by atoms with van der Waals surface area (Å²) in [4.78, 5) is 82.4. The van der Waals surface area contributed by atoms with Crippen LogP contribution in [0.4, 0.5) is 22.7 Å². The van der Waals surface area contributed by atoms with Crippen LogP contribution in [0.15, 0.2) is 89.9 Å². The number of aromatic nitrogens is 1. The summed E-state index contributed by atoms with van der Waals surface area (Å²) in [6.45, 7) is 5.39. The molecule has 10 rings (SSSR count). The number of unbranched alkanes of at least 4 members (excludes halogenated alkanes) is 1. The lowest BCUT2D eigenvalue weighted by Gasteiger charge is -2.24. The molecule has 5 aromatic rings. The number of ether oxygens (including phenoxy) is 5. The van der Waals surface area contributed by atoms with Crippen molar-refractivity contribution < 1.29 is 52.5 Å². The Bertz CT molecular complexity index is 3040. The van der Waals surface area contributed by atoms with Crippen LogP contribution in [-0.2, 0) is 45.3 Å². The van der Waals surface area contributed by atoms with Crippen molar-refractivity contribution >= 4 is 70.3 Å². The van der Waals surface area contributed by atoms with E-state index < -0.39 is 17.8 Å². The number of hydrogen-bond donors (Lipinski definition) is 1. The van der Waals surface area contributed by atoms with Crippen molar-refractivity contribution in [2.24, 2.45) is 4.99 Å². The van der Waals surface area contributed by atoms with Gasteiger partial charge < -0.3 is 38.7 Å². The minimum Gasteiger partial charge on any atom is -0.493 e. The first-order valence-electron chi connectivity index (χ1n) is 25.0. The monoisotopic (exact) mass is 1020 g/mol. The number of imide groups is 1. The SMILES string of the molecule is COc1cc2c(cc1OCc1cc(OCCCC(C)(C)SCCCCC(=O)ON3C(=O)CCC3=O)cc(COc3cc4c(cc3OC)C(=O)N3c5ccccc5CC3CN4)n1)N=C[C@@H]1Cc3ccccc3N1C2=O. The minimum atomic E-state index is -0.583. The van der Waals surface area contributed by atoms with Gasteiger partial charge in [-0.2, -0.15) is 11.8 Å². The van der Waals surface area contributed by atoms with Crippen molar-refractivity contribution in [2.75, 3.05) is 48.2 Å². The van der Waals surface area contributed by atoms with Crippen LogP contribution in [-0.4, -0.2) is 95.8 Å². The van der Waals surface area contributed by atoms with Crippen LogP contribution >= 0.6 is 11.8 Å². The Morgan fingerprint density at radius 3 is 2.07 bits per heavy atom. The molecule has 0 bridgehead atoms. The molecule has 5 aliphatic rings. The van der Waals surface area contributed by atoms with Gasteiger partial charge in [0, 0.05) is 78.8 Å². The summed E-state index contributed by atoms with van der Waals surface area (Å²) in [6, 6.07) is 26.3. The summed E-state index contributed by atoms with van der Waals surface area (Å²) in [7, 11) is 3.08. The molecule has 4 aromatic carbocycles. The zero-order valence-corrected chi connectivity index (χ0v) is 42.7. The van der Waals surface area contributed by atoms with Gasteiger partial charge >= 0.3 is 5.97 Å². The molecule has 1 saturated heterocycles. The fourth-order valence-corrected chi connectivity index (χ4v) is 11.2. The number of thioether (sulfide) groups is 1. The zero-order chi connectivity index (χ0) is 51.5. The Hall–Kier alpha value is -7.60. The molecule has 1 unspecified atom stereocenters. The number of aliphatic imine (C=N–C) groups is 1. The van der Waals surface area contributed by atoms with Crippen LogP contribution in [0.3, 0.4) is 0 Å². The van der Waals surface area contributed by atoms with Gasteiger partial charge in [0.2, 0.25) is 0 Å². The van der Waals surface area contributed by atoms with E-state index in [4.69, 9.17) is 38.5 Å². The van der Waals surface area contributed by atoms with Crippen molar-refractivity contribution in [3.63, 3.8) is 0 Å². The standard InChI is InChI=1S/C56H58N6O11S/c1-56(2,74-21-10-9-16-53(65)73-62-51(63)17-18-52(62)64)19-11-20-70-40-24-36(32-71-49-28-43-41(26-47(49)68-3)54(66)60-38(30-57-43)22-34-12-5-7-14-45(34)60)59-37(25-40)33-72-50-29-44-42(27-48(50)69-4)55(67)61-39(31-58-44)23-35-13-6-8-15-46(35)61/h5-8,12-15,24-30,38-39,58H,9-11,16-23,31-33H2,1-4H3/t38-,39?/m0/s1. The summed E-state index contributed by atoms with van der Waals surface area (Å²) in [5, 5.41) is 4.08. The van der Waals surface area contributed by atoms with Gasteiger partial charge in [-0.25, -0.2) is 4.79 Å². The van der Waals surface area contributed by atoms with E-state index in [0.717, 1.165) is 53.9 Å². The molecule has 1 N–H and O–H groups in total. The molecule has 74 heavy (non-hydrogen) atoms. The molecule has 4 amide bonds. The number of nitrogens with zero attached hydrogens (tertiary/aromatic N) is 5. The lowest BCUT2D eigenvalue weighted by atomic mass is 10.1. The summed E-state index contributed by atoms with van der Waals surface area (Å²) in [5.74, 6) is 1.16. The van der Waals surface area contributed by atoms with Crippen molar-refractivity contribution in [1.82, 2.24) is 10.0 Å². The van der Waals surface area contributed by atoms with Gasteiger partial charge in [0.25, 0.3) is 23.6 Å². The predicted octanol–water partition coefficient (Wildman–Crippen LogP) is 8.99. The molecule has 0 spiro atoms. The number of amides is 4. The van der Waals surface area contributed by atoms with E-state index in [0.29, 0.717) is 93.7 Å². The Morgan fingerprint density at radius 2 is 1.36 bits per heavy atom. The molecule has 17 nitrogen and oxygen atoms in total. The summed E-state index contributed by atoms with van der Waals surface area (Å²) < 4.78 is 30.8. The van der Waals surface area contributed by atoms with E-state index in [1.54, 1.807) is 36.3 Å². The number of methoxy groups -OCH3 is 2. The van der Waals surface area contributed by atoms with Gasteiger partial charge in [0.05, 0.1) is 66.8 Å². The molecule has 2 atom stereocenters. The predicted molar refractivity (Wildman–Crippen MR) is 279 cm³/mol. The van der Waals surface area contributed by atoms with Crippen LogP contribution in [0.5, 0.6) is 28.7 Å². The van der Waals surface area contributed by atoms with Gasteiger partial charge in [-0.15, -0.1) is 5.06 Å². The van der Waals surface area contributed by atoms with Crippen LogP contribution in [0.2, 0.25) is 0 Å². The number of fused-ring (bicyclic) bond motifs is 8. The Kier molecular flexibility index (Phi) is 14.5. The second-order valence-electron chi connectivity index (χ2n) is 19.4. The molecule has 6 heterocycles. The molecule has 0 radical (unpaired) electrons. The Labute approximate surface area is 433 Å². The van der Waals surface area contributed by atoms with E-state index in [1.807, 2.05) is 77.5 Å². The summed E-state index contributed by atoms with van der Waals surface area (Å²) in [5.41, 5.74) is 7.17. The van der Waals surface area contributed by atoms with Crippen molar-refractivity contribution in [2.45, 2.75) is 102 Å². The molecule has 18 heteroatoms. The maximum atomic E-state index is 14.1. The second kappa shape index (κ2) is 21.5. The molecule has 0 saturated carbocycles. The normalized spacial score (nSPS) is 17.3. The van der Waals surface area contributed by atoms with Crippen LogP contribution < -0.4 is 38.8 Å². The third-order valence-corrected chi connectivity index (χ3v) is 15.3. The number of benzene rings is 4. The average molecular weight is 1020 g/mol. The maximum Gasteiger partial charge on any atom is 0.333 e. The molecule has 5 aliphatic heterocycles. The van der Waals surface area contributed by atoms with Crippen LogP contribution in [0.25, 0.3) is 0 Å². The molecular formula is C56H58N6O11S. The number of pyridine rings is 1. The quantitative estimate of drug-likeness (QED) is 0.0575. The highest BCUT2D eigenvalue weighted by Crippen LogP contribution is 2.43. The number of anilines is 3. The van der Waals surface area contributed by atoms with Crippen LogP contribution in [0.1, 0.15) is 102 Å². The third-order valence-electron chi connectivity index (χ3n) is 13.8. The van der Waals surface area contributed by atoms with Gasteiger partial charge in [0.1, 0.15) is 19.0 Å². The number of nitrogens with one attached hydrogen (secondary N) is 1. The fourth-order valence-electron chi connectivity index (χ4n) is 10.0. The lowest BCUT2D eigenvalue weighted by molar-refractivity contribution is -0.197. The van der Waals surface area contributed by atoms with E-state index in [9.17, 15) is 24.0 Å². The second-order valence-corrected chi connectivity index (χ2v) is 21.2. The van der Waals surface area contributed by atoms with Crippen LogP contribution in [0, 0.1) is 0 Å². The van der Waals surface area contributed by atoms with Gasteiger partial charge in [0.15, 0.2) is 23.0 Å². The van der Waals surface area contributed by atoms with E-state index in [1.165, 1.54) is 7.11 Å². The summed E-state index contributed by atoms with van der Waals surface area (Å²) in [6.07, 6.45) is 6.45. The van der Waals surface area contributed by atoms with E-state index >= 15 is 0 Å². The highest BCUT2D eigenvalue weighted by Gasteiger charge is 2.39. The third kappa shape index (κ3) is 10.6. The number of carbonyl (C=O) groups excluding carboxylic acids is 5. The van der Waals surface area contributed by atoms with Crippen molar-refractivity contribution in [3.05, 3.63) is 119 Å². The molecular weight excluding hydrogens is 965 g/mol. The van der Waals surface area contributed by atoms with E-state index in [-0.39, 0.29) is 61.1 Å². The molecule has 0 aliphatic carbocycles. The Morgan fingerprint density at radius 1 is 0.730 bits per heavy atom. The molecule has 1 aromatic heterocycles. The smallest absolute Gasteiger partial charge is 0.333 e. The largest absolute Gasteiger partial charge is 0.493 e. The first kappa shape index (κ1) is 50.0. The van der Waals surface area contributed by atoms with Gasteiger partial charge in [-0.3, -0.25) is 34.1 Å². The molecule has 384 valence electrons. The first-order valence-corrected chi connectivity index (χ1v) is 26.0. The number of para-hydroxylation sites is 2. The van der Waals surface area contributed by atoms with Gasteiger partial charge in [-0.1, -0.05) is 50.2 Å². The first-order chi connectivity index (χ1) is 35.9. The van der Waals surface area contributed by atoms with Gasteiger partial charge in [-0.05, 0) is 73.2 Å². The lowest BCUT2D eigenvalue weighted by Crippen LogP contribution is -2.39. The Balaban J connectivity index is 0.818. The number of hydroxylamine groups is 2. The highest BCUT2D eigenvalue weighted by molar-refractivity contribution is 8.00. The topological polar surface area (TPSA) is 188 Å². The molecule has 1 fully saturated rings. The van der Waals surface area contributed by atoms with Crippen molar-refractivity contribution in [1.29, 1.82) is 0 Å². The average Bonchev–Trinajstić information content (AvgIpc) is 4.02. The number of rotatable bonds is 20.